The number of benzene rings is 2. The van der Waals surface area contributed by atoms with E-state index in [4.69, 9.17) is 11.6 Å². The lowest BCUT2D eigenvalue weighted by Gasteiger charge is -2.08. The fourth-order valence-electron chi connectivity index (χ4n) is 1.60. The Morgan fingerprint density at radius 3 is 2.57 bits per heavy atom. The standard InChI is InChI=1S/C13H8ClIN2O4/c14-8-2-3-10(9(15)6-8)16-13(19)7-1-4-11(17(20)21)12(18)5-7/h1-6,18H,(H,16,19). The zero-order chi connectivity index (χ0) is 15.6. The molecule has 1 amide bonds. The third-order valence-corrected chi connectivity index (χ3v) is 3.74. The van der Waals surface area contributed by atoms with Crippen molar-refractivity contribution in [1.29, 1.82) is 0 Å². The number of nitrogens with one attached hydrogen (secondary N) is 1. The molecule has 0 unspecified atom stereocenters. The molecule has 0 aliphatic rings. The van der Waals surface area contributed by atoms with Crippen LogP contribution in [0.15, 0.2) is 36.4 Å². The van der Waals surface area contributed by atoms with E-state index in [1.165, 1.54) is 6.07 Å². The van der Waals surface area contributed by atoms with Crippen molar-refractivity contribution < 1.29 is 14.8 Å². The van der Waals surface area contributed by atoms with Crippen LogP contribution in [-0.4, -0.2) is 15.9 Å². The minimum atomic E-state index is -0.723. The van der Waals surface area contributed by atoms with Crippen molar-refractivity contribution in [2.24, 2.45) is 0 Å². The number of aromatic hydroxyl groups is 1. The molecular weight excluding hydrogens is 411 g/mol. The zero-order valence-corrected chi connectivity index (χ0v) is 13.3. The molecule has 0 aromatic heterocycles. The Kier molecular flexibility index (Phi) is 4.63. The molecule has 21 heavy (non-hydrogen) atoms. The molecule has 0 aliphatic heterocycles. The van der Waals surface area contributed by atoms with E-state index in [2.05, 4.69) is 5.32 Å². The van der Waals surface area contributed by atoms with Crippen LogP contribution in [0.25, 0.3) is 0 Å². The number of phenolic OH excluding ortho intramolecular Hbond substituents is 1. The lowest BCUT2D eigenvalue weighted by atomic mass is 10.1. The van der Waals surface area contributed by atoms with Crippen molar-refractivity contribution in [3.63, 3.8) is 0 Å². The fraction of sp³-hybridized carbons (Fsp3) is 0. The number of carbonyl (C=O) groups excluding carboxylic acids is 1. The van der Waals surface area contributed by atoms with Crippen LogP contribution in [0.2, 0.25) is 5.02 Å². The molecule has 8 heteroatoms. The van der Waals surface area contributed by atoms with Crippen LogP contribution in [0, 0.1) is 13.7 Å². The van der Waals surface area contributed by atoms with Gasteiger partial charge in [-0.15, -0.1) is 0 Å². The maximum absolute atomic E-state index is 12.1. The molecule has 0 fully saturated rings. The van der Waals surface area contributed by atoms with Crippen LogP contribution in [0.4, 0.5) is 11.4 Å². The van der Waals surface area contributed by atoms with E-state index in [9.17, 15) is 20.0 Å². The summed E-state index contributed by atoms with van der Waals surface area (Å²) in [6.07, 6.45) is 0. The molecule has 0 aliphatic carbocycles. The van der Waals surface area contributed by atoms with Crippen LogP contribution in [-0.2, 0) is 0 Å². The normalized spacial score (nSPS) is 10.2. The molecule has 0 radical (unpaired) electrons. The molecule has 2 N–H and O–H groups in total. The van der Waals surface area contributed by atoms with Gasteiger partial charge in [0.15, 0.2) is 5.75 Å². The van der Waals surface area contributed by atoms with Crippen molar-refractivity contribution in [3.05, 3.63) is 60.7 Å². The van der Waals surface area contributed by atoms with Gasteiger partial charge in [-0.05, 0) is 52.9 Å². The number of hydrogen-bond donors (Lipinski definition) is 2. The van der Waals surface area contributed by atoms with Gasteiger partial charge < -0.3 is 10.4 Å². The average molecular weight is 419 g/mol. The number of halogens is 2. The maximum atomic E-state index is 12.1. The maximum Gasteiger partial charge on any atom is 0.310 e. The second-order valence-corrected chi connectivity index (χ2v) is 5.64. The molecule has 108 valence electrons. The van der Waals surface area contributed by atoms with Crippen LogP contribution in [0.3, 0.4) is 0 Å². The molecule has 0 bridgehead atoms. The minimum Gasteiger partial charge on any atom is -0.502 e. The summed E-state index contributed by atoms with van der Waals surface area (Å²) in [4.78, 5) is 21.9. The Labute approximate surface area is 138 Å². The zero-order valence-electron chi connectivity index (χ0n) is 10.3. The molecule has 0 heterocycles. The highest BCUT2D eigenvalue weighted by molar-refractivity contribution is 14.1. The summed E-state index contributed by atoms with van der Waals surface area (Å²) in [7, 11) is 0. The second kappa shape index (κ2) is 6.27. The number of anilines is 1. The average Bonchev–Trinajstić information content (AvgIpc) is 2.41. The topological polar surface area (TPSA) is 92.5 Å². The van der Waals surface area contributed by atoms with Crippen molar-refractivity contribution in [2.75, 3.05) is 5.32 Å². The monoisotopic (exact) mass is 418 g/mol. The Balaban J connectivity index is 2.24. The van der Waals surface area contributed by atoms with E-state index in [1.807, 2.05) is 22.6 Å². The van der Waals surface area contributed by atoms with E-state index in [1.54, 1.807) is 18.2 Å². The van der Waals surface area contributed by atoms with Crippen LogP contribution in [0.5, 0.6) is 5.75 Å². The van der Waals surface area contributed by atoms with Gasteiger partial charge in [0.25, 0.3) is 5.91 Å². The predicted molar refractivity (Wildman–Crippen MR) is 86.9 cm³/mol. The molecule has 0 saturated carbocycles. The van der Waals surface area contributed by atoms with Gasteiger partial charge in [-0.1, -0.05) is 11.6 Å². The van der Waals surface area contributed by atoms with E-state index >= 15 is 0 Å². The quantitative estimate of drug-likeness (QED) is 0.450. The van der Waals surface area contributed by atoms with Crippen molar-refractivity contribution in [2.45, 2.75) is 0 Å². The largest absolute Gasteiger partial charge is 0.502 e. The Hall–Kier alpha value is -1.87. The molecule has 2 rings (SSSR count). The third kappa shape index (κ3) is 3.61. The number of hydrogen-bond acceptors (Lipinski definition) is 4. The number of nitrogens with zero attached hydrogens (tertiary/aromatic N) is 1. The summed E-state index contributed by atoms with van der Waals surface area (Å²) in [5.74, 6) is -1.04. The van der Waals surface area contributed by atoms with Gasteiger partial charge in [0.2, 0.25) is 0 Å². The van der Waals surface area contributed by atoms with Crippen LogP contribution in [0.1, 0.15) is 10.4 Å². The smallest absolute Gasteiger partial charge is 0.310 e. The molecule has 2 aromatic carbocycles. The Morgan fingerprint density at radius 1 is 1.29 bits per heavy atom. The van der Waals surface area contributed by atoms with Gasteiger partial charge in [0.1, 0.15) is 0 Å². The number of rotatable bonds is 3. The summed E-state index contributed by atoms with van der Waals surface area (Å²) in [5.41, 5.74) is 0.222. The highest BCUT2D eigenvalue weighted by Gasteiger charge is 2.16. The SMILES string of the molecule is O=C(Nc1ccc(Cl)cc1I)c1ccc([N+](=O)[O-])c(O)c1. The molecule has 2 aromatic rings. The molecular formula is C13H8ClIN2O4. The van der Waals surface area contributed by atoms with Gasteiger partial charge in [0, 0.05) is 20.2 Å². The highest BCUT2D eigenvalue weighted by atomic mass is 127. The van der Waals surface area contributed by atoms with E-state index in [-0.39, 0.29) is 5.56 Å². The first-order valence-corrected chi connectivity index (χ1v) is 7.08. The third-order valence-electron chi connectivity index (χ3n) is 2.61. The summed E-state index contributed by atoms with van der Waals surface area (Å²) in [5, 5.41) is 23.3. The van der Waals surface area contributed by atoms with Gasteiger partial charge >= 0.3 is 5.69 Å². The Morgan fingerprint density at radius 2 is 2.00 bits per heavy atom. The van der Waals surface area contributed by atoms with Crippen molar-refractivity contribution in [3.8, 4) is 5.75 Å². The highest BCUT2D eigenvalue weighted by Crippen LogP contribution is 2.27. The molecule has 0 atom stereocenters. The Bertz CT molecular complexity index is 736. The van der Waals surface area contributed by atoms with Gasteiger partial charge in [-0.25, -0.2) is 0 Å². The summed E-state index contributed by atoms with van der Waals surface area (Å²) < 4.78 is 0.750. The summed E-state index contributed by atoms with van der Waals surface area (Å²) in [6, 6.07) is 8.37. The van der Waals surface area contributed by atoms with Gasteiger partial charge in [0.05, 0.1) is 10.6 Å². The van der Waals surface area contributed by atoms with Gasteiger partial charge in [-0.2, -0.15) is 0 Å². The summed E-state index contributed by atoms with van der Waals surface area (Å²) >= 11 is 7.85. The van der Waals surface area contributed by atoms with Gasteiger partial charge in [-0.3, -0.25) is 14.9 Å². The first kappa shape index (κ1) is 15.5. The molecule has 6 nitrogen and oxygen atoms in total. The number of carbonyl (C=O) groups is 1. The first-order chi connectivity index (χ1) is 9.88. The number of amides is 1. The molecule has 0 spiro atoms. The minimum absolute atomic E-state index is 0.115. The van der Waals surface area contributed by atoms with Crippen molar-refractivity contribution >= 4 is 51.5 Å². The summed E-state index contributed by atoms with van der Waals surface area (Å²) in [6.45, 7) is 0. The molecule has 0 saturated heterocycles. The second-order valence-electron chi connectivity index (χ2n) is 4.04. The number of phenols is 1. The van der Waals surface area contributed by atoms with E-state index in [0.717, 1.165) is 15.7 Å². The van der Waals surface area contributed by atoms with Crippen LogP contribution >= 0.6 is 34.2 Å². The van der Waals surface area contributed by atoms with E-state index < -0.39 is 22.3 Å². The van der Waals surface area contributed by atoms with Crippen LogP contribution < -0.4 is 5.32 Å². The van der Waals surface area contributed by atoms with Crippen molar-refractivity contribution in [1.82, 2.24) is 0 Å². The fourth-order valence-corrected chi connectivity index (χ4v) is 2.61. The number of nitro groups is 1. The first-order valence-electron chi connectivity index (χ1n) is 5.62. The van der Waals surface area contributed by atoms with E-state index in [0.29, 0.717) is 10.7 Å². The lowest BCUT2D eigenvalue weighted by Crippen LogP contribution is -2.12. The number of nitro benzene ring substituents is 1. The lowest BCUT2D eigenvalue weighted by molar-refractivity contribution is -0.385. The predicted octanol–water partition coefficient (Wildman–Crippen LogP) is 3.81.